The van der Waals surface area contributed by atoms with Crippen molar-refractivity contribution in [3.05, 3.63) is 5.82 Å². The van der Waals surface area contributed by atoms with Gasteiger partial charge in [0, 0.05) is 11.5 Å². The number of amides is 3. The molecule has 1 saturated carbocycles. The van der Waals surface area contributed by atoms with E-state index in [1.54, 1.807) is 0 Å². The molecular formula is C12H19N5O2S. The molecule has 20 heavy (non-hydrogen) atoms. The van der Waals surface area contributed by atoms with Crippen LogP contribution in [0.5, 0.6) is 0 Å². The highest BCUT2D eigenvalue weighted by molar-refractivity contribution is 7.99. The highest BCUT2D eigenvalue weighted by Crippen LogP contribution is 2.38. The van der Waals surface area contributed by atoms with Crippen molar-refractivity contribution in [2.45, 2.75) is 50.2 Å². The Labute approximate surface area is 121 Å². The van der Waals surface area contributed by atoms with Gasteiger partial charge in [-0.05, 0) is 33.6 Å². The summed E-state index contributed by atoms with van der Waals surface area (Å²) >= 11 is 1.21. The molecule has 0 aromatic carbocycles. The van der Waals surface area contributed by atoms with Crippen LogP contribution >= 0.6 is 11.8 Å². The average molecular weight is 297 g/mol. The van der Waals surface area contributed by atoms with Crippen LogP contribution in [0.4, 0.5) is 4.79 Å². The van der Waals surface area contributed by atoms with E-state index in [9.17, 15) is 9.59 Å². The normalized spacial score (nSPS) is 14.9. The molecule has 0 aliphatic heterocycles. The molecule has 0 spiro atoms. The fraction of sp³-hybridized carbons (Fsp3) is 0.667. The van der Waals surface area contributed by atoms with Crippen LogP contribution in [0, 0.1) is 0 Å². The predicted octanol–water partition coefficient (Wildman–Crippen LogP) is 1.40. The molecule has 2 rings (SSSR count). The monoisotopic (exact) mass is 297 g/mol. The molecule has 0 atom stereocenters. The highest BCUT2D eigenvalue weighted by atomic mass is 32.2. The summed E-state index contributed by atoms with van der Waals surface area (Å²) < 4.78 is 0. The Balaban J connectivity index is 1.72. The van der Waals surface area contributed by atoms with Gasteiger partial charge < -0.3 is 5.32 Å². The van der Waals surface area contributed by atoms with E-state index >= 15 is 0 Å². The van der Waals surface area contributed by atoms with Gasteiger partial charge >= 0.3 is 6.03 Å². The van der Waals surface area contributed by atoms with Crippen molar-refractivity contribution >= 4 is 23.7 Å². The zero-order chi connectivity index (χ0) is 14.8. The standard InChI is InChI=1S/C12H19N5O2S/c1-12(2,3)15-10(19)13-8(18)6-20-11-14-9(16-17-11)7-4-5-7/h7H,4-6H2,1-3H3,(H,14,16,17)(H2,13,15,18,19). The Morgan fingerprint density at radius 1 is 1.40 bits per heavy atom. The number of urea groups is 1. The second kappa shape index (κ2) is 5.82. The summed E-state index contributed by atoms with van der Waals surface area (Å²) in [5, 5.41) is 12.4. The van der Waals surface area contributed by atoms with Crippen molar-refractivity contribution in [1.82, 2.24) is 25.8 Å². The summed E-state index contributed by atoms with van der Waals surface area (Å²) in [5.41, 5.74) is -0.375. The lowest BCUT2D eigenvalue weighted by Gasteiger charge is -2.20. The molecule has 7 nitrogen and oxygen atoms in total. The van der Waals surface area contributed by atoms with Crippen LogP contribution in [0.1, 0.15) is 45.4 Å². The summed E-state index contributed by atoms with van der Waals surface area (Å²) in [7, 11) is 0. The smallest absolute Gasteiger partial charge is 0.321 e. The number of H-pyrrole nitrogens is 1. The molecule has 0 bridgehead atoms. The van der Waals surface area contributed by atoms with Gasteiger partial charge in [-0.3, -0.25) is 15.2 Å². The number of nitrogens with zero attached hydrogens (tertiary/aromatic N) is 2. The topological polar surface area (TPSA) is 99.8 Å². The summed E-state index contributed by atoms with van der Waals surface area (Å²) in [6.45, 7) is 5.54. The first-order valence-electron chi connectivity index (χ1n) is 6.50. The van der Waals surface area contributed by atoms with Crippen LogP contribution in [0.3, 0.4) is 0 Å². The van der Waals surface area contributed by atoms with Gasteiger partial charge in [-0.1, -0.05) is 11.8 Å². The quantitative estimate of drug-likeness (QED) is 0.729. The Kier molecular flexibility index (Phi) is 4.32. The minimum atomic E-state index is -0.489. The van der Waals surface area contributed by atoms with E-state index in [2.05, 4.69) is 25.8 Å². The molecule has 3 N–H and O–H groups in total. The maximum absolute atomic E-state index is 11.6. The fourth-order valence-corrected chi connectivity index (χ4v) is 2.13. The Morgan fingerprint density at radius 2 is 2.10 bits per heavy atom. The molecule has 1 heterocycles. The molecule has 0 radical (unpaired) electrons. The first-order chi connectivity index (χ1) is 9.33. The maximum Gasteiger partial charge on any atom is 0.321 e. The van der Waals surface area contributed by atoms with E-state index in [0.29, 0.717) is 11.1 Å². The number of carbonyl (C=O) groups excluding carboxylic acids is 2. The summed E-state index contributed by atoms with van der Waals surface area (Å²) in [4.78, 5) is 27.4. The number of nitrogens with one attached hydrogen (secondary N) is 3. The molecule has 0 saturated heterocycles. The number of hydrogen-bond donors (Lipinski definition) is 3. The summed E-state index contributed by atoms with van der Waals surface area (Å²) in [6.07, 6.45) is 2.29. The summed E-state index contributed by atoms with van der Waals surface area (Å²) in [5.74, 6) is 1.13. The zero-order valence-corrected chi connectivity index (χ0v) is 12.6. The minimum Gasteiger partial charge on any atom is -0.333 e. The third kappa shape index (κ3) is 4.84. The fourth-order valence-electron chi connectivity index (χ4n) is 1.53. The minimum absolute atomic E-state index is 0.111. The highest BCUT2D eigenvalue weighted by Gasteiger charge is 2.27. The van der Waals surface area contributed by atoms with Gasteiger partial charge in [-0.15, -0.1) is 5.10 Å². The van der Waals surface area contributed by atoms with Crippen molar-refractivity contribution in [2.24, 2.45) is 0 Å². The van der Waals surface area contributed by atoms with Crippen molar-refractivity contribution in [3.8, 4) is 0 Å². The molecule has 1 aliphatic carbocycles. The van der Waals surface area contributed by atoms with Gasteiger partial charge in [0.15, 0.2) is 0 Å². The molecule has 8 heteroatoms. The molecular weight excluding hydrogens is 278 g/mol. The van der Waals surface area contributed by atoms with Gasteiger partial charge in [-0.25, -0.2) is 9.78 Å². The van der Waals surface area contributed by atoms with Gasteiger partial charge in [0.05, 0.1) is 5.75 Å². The average Bonchev–Trinajstić information content (AvgIpc) is 3.04. The van der Waals surface area contributed by atoms with E-state index in [1.165, 1.54) is 11.8 Å². The number of hydrogen-bond acceptors (Lipinski definition) is 5. The van der Waals surface area contributed by atoms with Crippen LogP contribution in [0.15, 0.2) is 5.16 Å². The second-order valence-corrected chi connectivity index (χ2v) is 6.76. The second-order valence-electron chi connectivity index (χ2n) is 5.82. The number of carbonyl (C=O) groups is 2. The Bertz CT molecular complexity index is 504. The molecule has 0 unspecified atom stereocenters. The van der Waals surface area contributed by atoms with Crippen LogP contribution in [0.2, 0.25) is 0 Å². The first kappa shape index (κ1) is 14.8. The lowest BCUT2D eigenvalue weighted by Crippen LogP contribution is -2.48. The molecule has 3 amide bonds. The lowest BCUT2D eigenvalue weighted by molar-refractivity contribution is -0.117. The van der Waals surface area contributed by atoms with E-state index in [4.69, 9.17) is 0 Å². The van der Waals surface area contributed by atoms with E-state index in [1.807, 2.05) is 20.8 Å². The first-order valence-corrected chi connectivity index (χ1v) is 7.49. The van der Waals surface area contributed by atoms with Crippen LogP contribution < -0.4 is 10.6 Å². The van der Waals surface area contributed by atoms with E-state index < -0.39 is 6.03 Å². The molecule has 1 aromatic rings. The van der Waals surface area contributed by atoms with E-state index in [-0.39, 0.29) is 17.2 Å². The molecule has 1 fully saturated rings. The maximum atomic E-state index is 11.6. The largest absolute Gasteiger partial charge is 0.333 e. The number of thioether (sulfide) groups is 1. The third-order valence-electron chi connectivity index (χ3n) is 2.52. The summed E-state index contributed by atoms with van der Waals surface area (Å²) in [6, 6.07) is -0.489. The van der Waals surface area contributed by atoms with E-state index in [0.717, 1.165) is 18.7 Å². The SMILES string of the molecule is CC(C)(C)NC(=O)NC(=O)CSc1n[nH]c(C2CC2)n1. The lowest BCUT2D eigenvalue weighted by atomic mass is 10.1. The van der Waals surface area contributed by atoms with Crippen molar-refractivity contribution in [1.29, 1.82) is 0 Å². The Morgan fingerprint density at radius 3 is 2.70 bits per heavy atom. The van der Waals surface area contributed by atoms with Crippen molar-refractivity contribution in [3.63, 3.8) is 0 Å². The van der Waals surface area contributed by atoms with Crippen LogP contribution in [-0.4, -0.2) is 38.4 Å². The number of rotatable bonds is 4. The molecule has 1 aliphatic rings. The zero-order valence-electron chi connectivity index (χ0n) is 11.8. The van der Waals surface area contributed by atoms with Gasteiger partial charge in [0.25, 0.3) is 0 Å². The number of aromatic amines is 1. The van der Waals surface area contributed by atoms with Gasteiger partial charge in [0.2, 0.25) is 11.1 Å². The number of imide groups is 1. The van der Waals surface area contributed by atoms with Gasteiger partial charge in [0.1, 0.15) is 5.82 Å². The van der Waals surface area contributed by atoms with Crippen molar-refractivity contribution in [2.75, 3.05) is 5.75 Å². The predicted molar refractivity (Wildman–Crippen MR) is 75.5 cm³/mol. The van der Waals surface area contributed by atoms with Crippen LogP contribution in [-0.2, 0) is 4.79 Å². The van der Waals surface area contributed by atoms with Crippen LogP contribution in [0.25, 0.3) is 0 Å². The Hall–Kier alpha value is -1.57. The van der Waals surface area contributed by atoms with Gasteiger partial charge in [-0.2, -0.15) is 0 Å². The third-order valence-corrected chi connectivity index (χ3v) is 3.37. The number of aromatic nitrogens is 3. The molecule has 110 valence electrons. The molecule has 1 aromatic heterocycles. The van der Waals surface area contributed by atoms with Crippen molar-refractivity contribution < 1.29 is 9.59 Å².